The predicted octanol–water partition coefficient (Wildman–Crippen LogP) is 3.86. The van der Waals surface area contributed by atoms with E-state index in [0.717, 1.165) is 14.9 Å². The summed E-state index contributed by atoms with van der Waals surface area (Å²) in [5.74, 6) is -0.0298. The fourth-order valence-electron chi connectivity index (χ4n) is 1.75. The van der Waals surface area contributed by atoms with Crippen LogP contribution in [0.4, 0.5) is 0 Å². The molecule has 96 valence electrons. The van der Waals surface area contributed by atoms with Crippen molar-refractivity contribution in [2.24, 2.45) is 0 Å². The molecule has 0 spiro atoms. The lowest BCUT2D eigenvalue weighted by Gasteiger charge is -2.09. The van der Waals surface area contributed by atoms with Crippen molar-refractivity contribution >= 4 is 26.7 Å². The molecule has 2 rings (SSSR count). The Balaban J connectivity index is 2.16. The van der Waals surface area contributed by atoms with E-state index in [4.69, 9.17) is 0 Å². The molecule has 2 aromatic rings. The fraction of sp³-hybridized carbons (Fsp3) is 0.133. The molecule has 0 radical (unpaired) electrons. The van der Waals surface area contributed by atoms with Crippen LogP contribution in [0.3, 0.4) is 0 Å². The highest BCUT2D eigenvalue weighted by atomic mass is 79.9. The van der Waals surface area contributed by atoms with Crippen LogP contribution in [0.25, 0.3) is 0 Å². The molecule has 0 bridgehead atoms. The first-order valence-corrected chi connectivity index (χ1v) is 7.90. The lowest BCUT2D eigenvalue weighted by molar-refractivity contribution is 0.680. The summed E-state index contributed by atoms with van der Waals surface area (Å²) >= 11 is 3.36. The Labute approximate surface area is 123 Å². The second-order valence-corrected chi connectivity index (χ2v) is 6.47. The maximum atomic E-state index is 12.3. The number of benzene rings is 2. The number of rotatable bonds is 4. The molecule has 0 heterocycles. The lowest BCUT2D eigenvalue weighted by Crippen LogP contribution is -2.08. The summed E-state index contributed by atoms with van der Waals surface area (Å²) in [7, 11) is -1.18. The summed E-state index contributed by atoms with van der Waals surface area (Å²) in [5, 5.41) is 9.24. The first kappa shape index (κ1) is 14.0. The molecule has 0 aliphatic carbocycles. The van der Waals surface area contributed by atoms with Gasteiger partial charge >= 0.3 is 0 Å². The Morgan fingerprint density at radius 2 is 1.89 bits per heavy atom. The molecule has 2 atom stereocenters. The summed E-state index contributed by atoms with van der Waals surface area (Å²) in [6.45, 7) is 0. The summed E-state index contributed by atoms with van der Waals surface area (Å²) in [5.41, 5.74) is 0.911. The van der Waals surface area contributed by atoms with Gasteiger partial charge in [0.1, 0.15) is 0 Å². The van der Waals surface area contributed by atoms with Crippen LogP contribution in [0.5, 0.6) is 0 Å². The maximum Gasteiger partial charge on any atom is 0.0831 e. The third kappa shape index (κ3) is 3.76. The van der Waals surface area contributed by atoms with Crippen molar-refractivity contribution < 1.29 is 4.21 Å². The molecule has 2 aromatic carbocycles. The third-order valence-corrected chi connectivity index (χ3v) is 4.64. The van der Waals surface area contributed by atoms with Crippen LogP contribution in [0.2, 0.25) is 0 Å². The van der Waals surface area contributed by atoms with Crippen LogP contribution in [0.1, 0.15) is 11.5 Å². The number of hydrogen-bond donors (Lipinski definition) is 0. The van der Waals surface area contributed by atoms with Crippen molar-refractivity contribution in [2.45, 2.75) is 10.8 Å². The van der Waals surface area contributed by atoms with Gasteiger partial charge in [0.25, 0.3) is 0 Å². The van der Waals surface area contributed by atoms with Crippen molar-refractivity contribution in [3.05, 3.63) is 64.6 Å². The van der Waals surface area contributed by atoms with Gasteiger partial charge in [-0.1, -0.05) is 52.3 Å². The van der Waals surface area contributed by atoms with Crippen LogP contribution in [-0.4, -0.2) is 9.96 Å². The average molecular weight is 334 g/mol. The van der Waals surface area contributed by atoms with Crippen molar-refractivity contribution in [1.29, 1.82) is 5.26 Å². The van der Waals surface area contributed by atoms with Gasteiger partial charge in [-0.05, 0) is 23.8 Å². The molecule has 4 heteroatoms. The molecular formula is C15H12BrNOS. The van der Waals surface area contributed by atoms with Gasteiger partial charge in [-0.25, -0.2) is 0 Å². The molecule has 0 aromatic heterocycles. The highest BCUT2D eigenvalue weighted by molar-refractivity contribution is 9.10. The average Bonchev–Trinajstić information content (AvgIpc) is 2.45. The van der Waals surface area contributed by atoms with Crippen molar-refractivity contribution in [2.75, 3.05) is 5.75 Å². The highest BCUT2D eigenvalue weighted by Crippen LogP contribution is 2.20. The molecule has 2 unspecified atom stereocenters. The smallest absolute Gasteiger partial charge is 0.0831 e. The molecule has 0 N–H and O–H groups in total. The maximum absolute atomic E-state index is 12.3. The van der Waals surface area contributed by atoms with Gasteiger partial charge in [0, 0.05) is 15.1 Å². The van der Waals surface area contributed by atoms with E-state index in [1.165, 1.54) is 0 Å². The van der Waals surface area contributed by atoms with Gasteiger partial charge in [-0.15, -0.1) is 0 Å². The molecule has 2 nitrogen and oxygen atoms in total. The lowest BCUT2D eigenvalue weighted by atomic mass is 10.0. The van der Waals surface area contributed by atoms with Crippen molar-refractivity contribution in [1.82, 2.24) is 0 Å². The zero-order valence-electron chi connectivity index (χ0n) is 10.1. The second kappa shape index (κ2) is 6.65. The van der Waals surface area contributed by atoms with E-state index in [1.54, 1.807) is 0 Å². The van der Waals surface area contributed by atoms with Gasteiger partial charge in [-0.3, -0.25) is 4.21 Å². The Kier molecular flexibility index (Phi) is 4.89. The van der Waals surface area contributed by atoms with Crippen LogP contribution in [0.15, 0.2) is 64.0 Å². The molecule has 0 aliphatic heterocycles. The largest absolute Gasteiger partial charge is 0.254 e. The van der Waals surface area contributed by atoms with E-state index < -0.39 is 10.8 Å². The minimum absolute atomic E-state index is 0.316. The molecule has 0 aliphatic rings. The predicted molar refractivity (Wildman–Crippen MR) is 80.2 cm³/mol. The summed E-state index contributed by atoms with van der Waals surface area (Å²) in [6.07, 6.45) is 0. The number of halogens is 1. The van der Waals surface area contributed by atoms with Crippen LogP contribution in [-0.2, 0) is 10.8 Å². The van der Waals surface area contributed by atoms with Gasteiger partial charge in [0.05, 0.1) is 22.8 Å². The summed E-state index contributed by atoms with van der Waals surface area (Å²) in [4.78, 5) is 0.741. The summed E-state index contributed by atoms with van der Waals surface area (Å²) < 4.78 is 13.2. The number of nitrogens with zero attached hydrogens (tertiary/aromatic N) is 1. The fourth-order valence-corrected chi connectivity index (χ4v) is 3.55. The standard InChI is InChI=1S/C15H12BrNOS/c16-14-7-4-8-15(9-14)19(18)11-13(10-17)12-5-2-1-3-6-12/h1-9,13H,11H2. The topological polar surface area (TPSA) is 40.9 Å². The van der Waals surface area contributed by atoms with Crippen LogP contribution in [0, 0.1) is 11.3 Å². The Morgan fingerprint density at radius 1 is 1.16 bits per heavy atom. The first-order chi connectivity index (χ1) is 9.20. The van der Waals surface area contributed by atoms with E-state index in [0.29, 0.717) is 5.75 Å². The first-order valence-electron chi connectivity index (χ1n) is 5.79. The zero-order chi connectivity index (χ0) is 13.7. The molecule has 0 saturated carbocycles. The number of nitriles is 1. The molecule has 0 saturated heterocycles. The van der Waals surface area contributed by atoms with E-state index in [9.17, 15) is 9.47 Å². The second-order valence-electron chi connectivity index (χ2n) is 4.06. The quantitative estimate of drug-likeness (QED) is 0.852. The van der Waals surface area contributed by atoms with Crippen LogP contribution < -0.4 is 0 Å². The molecule has 19 heavy (non-hydrogen) atoms. The van der Waals surface area contributed by atoms with Crippen LogP contribution >= 0.6 is 15.9 Å². The van der Waals surface area contributed by atoms with Gasteiger partial charge in [0.15, 0.2) is 0 Å². The van der Waals surface area contributed by atoms with E-state index >= 15 is 0 Å². The van der Waals surface area contributed by atoms with Gasteiger partial charge in [-0.2, -0.15) is 5.26 Å². The third-order valence-electron chi connectivity index (χ3n) is 2.73. The van der Waals surface area contributed by atoms with Gasteiger partial charge < -0.3 is 0 Å². The zero-order valence-corrected chi connectivity index (χ0v) is 12.5. The number of hydrogen-bond acceptors (Lipinski definition) is 2. The Morgan fingerprint density at radius 3 is 2.53 bits per heavy atom. The minimum Gasteiger partial charge on any atom is -0.254 e. The summed E-state index contributed by atoms with van der Waals surface area (Å²) in [6, 6.07) is 19.1. The van der Waals surface area contributed by atoms with E-state index in [1.807, 2.05) is 54.6 Å². The van der Waals surface area contributed by atoms with E-state index in [-0.39, 0.29) is 5.92 Å². The molecule has 0 fully saturated rings. The Bertz CT molecular complexity index is 622. The minimum atomic E-state index is -1.18. The van der Waals surface area contributed by atoms with E-state index in [2.05, 4.69) is 22.0 Å². The SMILES string of the molecule is N#CC(CS(=O)c1cccc(Br)c1)c1ccccc1. The normalized spacial score (nSPS) is 13.5. The van der Waals surface area contributed by atoms with Crippen molar-refractivity contribution in [3.63, 3.8) is 0 Å². The van der Waals surface area contributed by atoms with Gasteiger partial charge in [0.2, 0.25) is 0 Å². The van der Waals surface area contributed by atoms with Crippen molar-refractivity contribution in [3.8, 4) is 6.07 Å². The highest BCUT2D eigenvalue weighted by Gasteiger charge is 2.15. The monoisotopic (exact) mass is 333 g/mol. The molecular weight excluding hydrogens is 322 g/mol. The Hall–Kier alpha value is -1.44. The molecule has 0 amide bonds.